The van der Waals surface area contributed by atoms with E-state index in [0.29, 0.717) is 31.7 Å². The van der Waals surface area contributed by atoms with Crippen LogP contribution in [0.25, 0.3) is 0 Å². The van der Waals surface area contributed by atoms with Crippen molar-refractivity contribution in [2.45, 2.75) is 13.5 Å². The van der Waals surface area contributed by atoms with E-state index in [0.717, 1.165) is 18.7 Å². The van der Waals surface area contributed by atoms with E-state index in [1.807, 2.05) is 23.1 Å². The first-order valence-electron chi connectivity index (χ1n) is 7.56. The SMILES string of the molecule is CC(=O)NCc1cccc(C(=O)N2CCN(CCO)CC2)c1. The topological polar surface area (TPSA) is 72.9 Å². The van der Waals surface area contributed by atoms with Crippen molar-refractivity contribution in [2.24, 2.45) is 0 Å². The van der Waals surface area contributed by atoms with Crippen molar-refractivity contribution in [3.8, 4) is 0 Å². The second kappa shape index (κ2) is 7.91. The number of hydrogen-bond acceptors (Lipinski definition) is 4. The third kappa shape index (κ3) is 4.54. The number of β-amino-alcohol motifs (C(OH)–C–C–N with tert-alkyl or cyclic N) is 1. The number of rotatable bonds is 5. The van der Waals surface area contributed by atoms with Gasteiger partial charge in [-0.3, -0.25) is 14.5 Å². The van der Waals surface area contributed by atoms with Crippen LogP contribution in [-0.2, 0) is 11.3 Å². The van der Waals surface area contributed by atoms with Crippen LogP contribution in [0.3, 0.4) is 0 Å². The lowest BCUT2D eigenvalue weighted by Crippen LogP contribution is -2.49. The molecule has 2 N–H and O–H groups in total. The molecule has 0 bridgehead atoms. The summed E-state index contributed by atoms with van der Waals surface area (Å²) in [5.41, 5.74) is 1.57. The first kappa shape index (κ1) is 16.5. The summed E-state index contributed by atoms with van der Waals surface area (Å²) in [5.74, 6) is -0.0648. The molecule has 1 aliphatic heterocycles. The first-order chi connectivity index (χ1) is 10.6. The molecule has 0 atom stereocenters. The van der Waals surface area contributed by atoms with Crippen LogP contribution >= 0.6 is 0 Å². The molecule has 22 heavy (non-hydrogen) atoms. The normalized spacial score (nSPS) is 15.6. The predicted molar refractivity (Wildman–Crippen MR) is 83.4 cm³/mol. The lowest BCUT2D eigenvalue weighted by molar-refractivity contribution is -0.119. The summed E-state index contributed by atoms with van der Waals surface area (Å²) in [6, 6.07) is 7.37. The van der Waals surface area contributed by atoms with Gasteiger partial charge in [0.05, 0.1) is 6.61 Å². The van der Waals surface area contributed by atoms with Crippen LogP contribution in [-0.4, -0.2) is 66.1 Å². The van der Waals surface area contributed by atoms with Crippen LogP contribution in [0.1, 0.15) is 22.8 Å². The molecule has 1 heterocycles. The first-order valence-corrected chi connectivity index (χ1v) is 7.56. The fourth-order valence-electron chi connectivity index (χ4n) is 2.54. The van der Waals surface area contributed by atoms with Gasteiger partial charge >= 0.3 is 0 Å². The van der Waals surface area contributed by atoms with Gasteiger partial charge in [0.1, 0.15) is 0 Å². The molecule has 1 saturated heterocycles. The Morgan fingerprint density at radius 3 is 2.59 bits per heavy atom. The lowest BCUT2D eigenvalue weighted by atomic mass is 10.1. The van der Waals surface area contributed by atoms with Crippen molar-refractivity contribution >= 4 is 11.8 Å². The van der Waals surface area contributed by atoms with Crippen LogP contribution in [0.5, 0.6) is 0 Å². The number of piperazine rings is 1. The molecule has 0 unspecified atom stereocenters. The standard InChI is InChI=1S/C16H23N3O3/c1-13(21)17-12-14-3-2-4-15(11-14)16(22)19-7-5-18(6-8-19)9-10-20/h2-4,11,20H,5-10,12H2,1H3,(H,17,21). The van der Waals surface area contributed by atoms with E-state index >= 15 is 0 Å². The third-order valence-electron chi connectivity index (χ3n) is 3.79. The highest BCUT2D eigenvalue weighted by Gasteiger charge is 2.21. The zero-order valence-corrected chi connectivity index (χ0v) is 12.9. The van der Waals surface area contributed by atoms with Crippen molar-refractivity contribution < 1.29 is 14.7 Å². The summed E-state index contributed by atoms with van der Waals surface area (Å²) in [4.78, 5) is 27.5. The highest BCUT2D eigenvalue weighted by Crippen LogP contribution is 2.11. The number of nitrogens with one attached hydrogen (secondary N) is 1. The van der Waals surface area contributed by atoms with Crippen LogP contribution in [0, 0.1) is 0 Å². The van der Waals surface area contributed by atoms with Crippen LogP contribution in [0.4, 0.5) is 0 Å². The van der Waals surface area contributed by atoms with Crippen LogP contribution in [0.15, 0.2) is 24.3 Å². The van der Waals surface area contributed by atoms with E-state index in [9.17, 15) is 9.59 Å². The van der Waals surface area contributed by atoms with Gasteiger partial charge in [-0.25, -0.2) is 0 Å². The van der Waals surface area contributed by atoms with E-state index in [4.69, 9.17) is 5.11 Å². The van der Waals surface area contributed by atoms with Crippen molar-refractivity contribution in [3.63, 3.8) is 0 Å². The molecule has 6 heteroatoms. The monoisotopic (exact) mass is 305 g/mol. The number of carbonyl (C=O) groups is 2. The highest BCUT2D eigenvalue weighted by atomic mass is 16.3. The number of aliphatic hydroxyl groups excluding tert-OH is 1. The van der Waals surface area contributed by atoms with Gasteiger partial charge in [-0.15, -0.1) is 0 Å². The minimum Gasteiger partial charge on any atom is -0.395 e. The Bertz CT molecular complexity index is 525. The maximum absolute atomic E-state index is 12.5. The van der Waals surface area contributed by atoms with Crippen LogP contribution in [0.2, 0.25) is 0 Å². The number of carbonyl (C=O) groups excluding carboxylic acids is 2. The minimum atomic E-state index is -0.0864. The molecule has 0 aliphatic carbocycles. The minimum absolute atomic E-state index is 0.0216. The molecule has 1 aromatic rings. The summed E-state index contributed by atoms with van der Waals surface area (Å²) in [5, 5.41) is 11.7. The van der Waals surface area contributed by atoms with Gasteiger partial charge in [0.2, 0.25) is 5.91 Å². The Labute approximate surface area is 130 Å². The smallest absolute Gasteiger partial charge is 0.253 e. The molecule has 1 aromatic carbocycles. The van der Waals surface area contributed by atoms with Gasteiger partial charge < -0.3 is 15.3 Å². The molecule has 2 amide bonds. The van der Waals surface area contributed by atoms with Gasteiger partial charge in [-0.2, -0.15) is 0 Å². The summed E-state index contributed by atoms with van der Waals surface area (Å²) in [7, 11) is 0. The Morgan fingerprint density at radius 1 is 1.23 bits per heavy atom. The number of benzene rings is 1. The number of nitrogens with zero attached hydrogens (tertiary/aromatic N) is 2. The van der Waals surface area contributed by atoms with E-state index in [1.165, 1.54) is 6.92 Å². The average Bonchev–Trinajstić information content (AvgIpc) is 2.53. The Morgan fingerprint density at radius 2 is 1.95 bits per heavy atom. The van der Waals surface area contributed by atoms with Crippen LogP contribution < -0.4 is 5.32 Å². The third-order valence-corrected chi connectivity index (χ3v) is 3.79. The average molecular weight is 305 g/mol. The second-order valence-corrected chi connectivity index (χ2v) is 5.47. The number of hydrogen-bond donors (Lipinski definition) is 2. The quantitative estimate of drug-likeness (QED) is 0.808. The van der Waals surface area contributed by atoms with Gasteiger partial charge in [0, 0.05) is 51.8 Å². The maximum Gasteiger partial charge on any atom is 0.253 e. The Hall–Kier alpha value is -1.92. The molecule has 6 nitrogen and oxygen atoms in total. The summed E-state index contributed by atoms with van der Waals surface area (Å²) < 4.78 is 0. The van der Waals surface area contributed by atoms with Gasteiger partial charge in [-0.05, 0) is 17.7 Å². The molecular formula is C16H23N3O3. The molecule has 0 saturated carbocycles. The summed E-state index contributed by atoms with van der Waals surface area (Å²) in [6.07, 6.45) is 0. The molecular weight excluding hydrogens is 282 g/mol. The molecule has 0 radical (unpaired) electrons. The molecule has 0 spiro atoms. The summed E-state index contributed by atoms with van der Waals surface area (Å²) >= 11 is 0. The van der Waals surface area contributed by atoms with Gasteiger partial charge in [0.15, 0.2) is 0 Å². The fraction of sp³-hybridized carbons (Fsp3) is 0.500. The summed E-state index contributed by atoms with van der Waals surface area (Å²) in [6.45, 7) is 5.65. The lowest BCUT2D eigenvalue weighted by Gasteiger charge is -2.34. The maximum atomic E-state index is 12.5. The highest BCUT2D eigenvalue weighted by molar-refractivity contribution is 5.94. The molecule has 2 rings (SSSR count). The zero-order valence-electron chi connectivity index (χ0n) is 12.9. The zero-order chi connectivity index (χ0) is 15.9. The van der Waals surface area contributed by atoms with Crippen molar-refractivity contribution in [1.82, 2.24) is 15.1 Å². The molecule has 120 valence electrons. The molecule has 0 aromatic heterocycles. The Balaban J connectivity index is 1.95. The molecule has 1 aliphatic rings. The molecule has 1 fully saturated rings. The van der Waals surface area contributed by atoms with Crippen molar-refractivity contribution in [3.05, 3.63) is 35.4 Å². The van der Waals surface area contributed by atoms with E-state index in [2.05, 4.69) is 10.2 Å². The van der Waals surface area contributed by atoms with Gasteiger partial charge in [0.25, 0.3) is 5.91 Å². The number of aliphatic hydroxyl groups is 1. The van der Waals surface area contributed by atoms with Crippen molar-refractivity contribution in [1.29, 1.82) is 0 Å². The Kier molecular flexibility index (Phi) is 5.91. The van der Waals surface area contributed by atoms with E-state index in [-0.39, 0.29) is 18.4 Å². The van der Waals surface area contributed by atoms with Gasteiger partial charge in [-0.1, -0.05) is 12.1 Å². The fourth-order valence-corrected chi connectivity index (χ4v) is 2.54. The van der Waals surface area contributed by atoms with E-state index < -0.39 is 0 Å². The number of amides is 2. The van der Waals surface area contributed by atoms with Crippen molar-refractivity contribution in [2.75, 3.05) is 39.3 Å². The largest absolute Gasteiger partial charge is 0.395 e. The second-order valence-electron chi connectivity index (χ2n) is 5.47. The van der Waals surface area contributed by atoms with E-state index in [1.54, 1.807) is 6.07 Å². The predicted octanol–water partition coefficient (Wildman–Crippen LogP) is 0.0728.